The summed E-state index contributed by atoms with van der Waals surface area (Å²) in [5, 5.41) is 0.197. The van der Waals surface area contributed by atoms with E-state index in [4.69, 9.17) is 0 Å². The van der Waals surface area contributed by atoms with E-state index >= 15 is 0 Å². The van der Waals surface area contributed by atoms with Gasteiger partial charge in [0.1, 0.15) is 0 Å². The molecule has 72 valence electrons. The second-order valence-electron chi connectivity index (χ2n) is 2.21. The zero-order valence-corrected chi connectivity index (χ0v) is 9.94. The SMILES string of the molecule is Fc1cnc(CBr)c(C(F)F)c1I. The summed E-state index contributed by atoms with van der Waals surface area (Å²) < 4.78 is 37.6. The van der Waals surface area contributed by atoms with Crippen LogP contribution in [0.2, 0.25) is 0 Å². The van der Waals surface area contributed by atoms with Crippen LogP contribution in [0.1, 0.15) is 17.7 Å². The molecule has 1 aromatic heterocycles. The second-order valence-corrected chi connectivity index (χ2v) is 3.85. The first kappa shape index (κ1) is 11.2. The van der Waals surface area contributed by atoms with Gasteiger partial charge in [-0.25, -0.2) is 13.2 Å². The number of rotatable bonds is 2. The Morgan fingerprint density at radius 2 is 2.15 bits per heavy atom. The highest BCUT2D eigenvalue weighted by molar-refractivity contribution is 14.1. The zero-order valence-electron chi connectivity index (χ0n) is 6.20. The Kier molecular flexibility index (Phi) is 3.96. The molecule has 0 spiro atoms. The Bertz CT molecular complexity index is 319. The Balaban J connectivity index is 3.32. The van der Waals surface area contributed by atoms with Gasteiger partial charge in [0.15, 0.2) is 5.82 Å². The molecule has 0 unspecified atom stereocenters. The second kappa shape index (κ2) is 4.59. The molecule has 0 aliphatic carbocycles. The van der Waals surface area contributed by atoms with Gasteiger partial charge in [0.25, 0.3) is 6.43 Å². The fourth-order valence-electron chi connectivity index (χ4n) is 0.844. The standard InChI is InChI=1S/C7H4BrF3IN/c8-1-4-5(7(10)11)6(12)3(9)2-13-4/h2,7H,1H2. The topological polar surface area (TPSA) is 12.9 Å². The quantitative estimate of drug-likeness (QED) is 0.575. The maximum Gasteiger partial charge on any atom is 0.266 e. The molecule has 0 saturated carbocycles. The van der Waals surface area contributed by atoms with Crippen molar-refractivity contribution in [2.24, 2.45) is 0 Å². The van der Waals surface area contributed by atoms with Crippen LogP contribution in [0.15, 0.2) is 6.20 Å². The van der Waals surface area contributed by atoms with Gasteiger partial charge in [-0.2, -0.15) is 0 Å². The predicted molar refractivity (Wildman–Crippen MR) is 54.5 cm³/mol. The average molecular weight is 366 g/mol. The van der Waals surface area contributed by atoms with Crippen LogP contribution in [0.3, 0.4) is 0 Å². The Labute approximate surface area is 95.0 Å². The van der Waals surface area contributed by atoms with Crippen LogP contribution in [0.5, 0.6) is 0 Å². The Hall–Kier alpha value is 0.150. The minimum atomic E-state index is -2.69. The molecule has 1 heterocycles. The van der Waals surface area contributed by atoms with Gasteiger partial charge >= 0.3 is 0 Å². The van der Waals surface area contributed by atoms with E-state index in [0.29, 0.717) is 0 Å². The summed E-state index contributed by atoms with van der Waals surface area (Å²) in [6.45, 7) is 0. The number of alkyl halides is 3. The number of nitrogens with zero attached hydrogens (tertiary/aromatic N) is 1. The third-order valence-electron chi connectivity index (χ3n) is 1.44. The van der Waals surface area contributed by atoms with E-state index < -0.39 is 12.2 Å². The highest BCUT2D eigenvalue weighted by atomic mass is 127. The van der Waals surface area contributed by atoms with Crippen molar-refractivity contribution in [1.82, 2.24) is 4.98 Å². The van der Waals surface area contributed by atoms with Crippen LogP contribution in [-0.2, 0) is 5.33 Å². The van der Waals surface area contributed by atoms with E-state index in [9.17, 15) is 13.2 Å². The van der Waals surface area contributed by atoms with Crippen LogP contribution in [-0.4, -0.2) is 4.98 Å². The van der Waals surface area contributed by atoms with Gasteiger partial charge in [0.2, 0.25) is 0 Å². The number of pyridine rings is 1. The van der Waals surface area contributed by atoms with Crippen molar-refractivity contribution in [2.45, 2.75) is 11.8 Å². The molecule has 1 rings (SSSR count). The van der Waals surface area contributed by atoms with Gasteiger partial charge in [-0.05, 0) is 22.6 Å². The Morgan fingerprint density at radius 3 is 2.62 bits per heavy atom. The third-order valence-corrected chi connectivity index (χ3v) is 3.06. The summed E-state index contributed by atoms with van der Waals surface area (Å²) >= 11 is 4.57. The van der Waals surface area contributed by atoms with E-state index in [-0.39, 0.29) is 20.2 Å². The van der Waals surface area contributed by atoms with E-state index in [1.54, 1.807) is 22.6 Å². The molecule has 0 radical (unpaired) electrons. The van der Waals surface area contributed by atoms with Crippen molar-refractivity contribution in [3.05, 3.63) is 26.8 Å². The largest absolute Gasteiger partial charge is 0.266 e. The fraction of sp³-hybridized carbons (Fsp3) is 0.286. The highest BCUT2D eigenvalue weighted by Crippen LogP contribution is 2.29. The molecule has 0 aliphatic rings. The van der Waals surface area contributed by atoms with Crippen LogP contribution in [0.25, 0.3) is 0 Å². The summed E-state index contributed by atoms with van der Waals surface area (Å²) in [5.41, 5.74) is -0.140. The molecule has 6 heteroatoms. The molecule has 0 atom stereocenters. The van der Waals surface area contributed by atoms with Crippen molar-refractivity contribution in [1.29, 1.82) is 0 Å². The minimum Gasteiger partial charge on any atom is -0.257 e. The van der Waals surface area contributed by atoms with Crippen molar-refractivity contribution in [3.63, 3.8) is 0 Å². The predicted octanol–water partition coefficient (Wildman–Crippen LogP) is 3.66. The average Bonchev–Trinajstić information content (AvgIpc) is 2.08. The Morgan fingerprint density at radius 1 is 1.54 bits per heavy atom. The number of hydrogen-bond acceptors (Lipinski definition) is 1. The molecule has 0 N–H and O–H groups in total. The maximum absolute atomic E-state index is 12.8. The summed E-state index contributed by atoms with van der Waals surface area (Å²) in [6, 6.07) is 0. The molecule has 0 saturated heterocycles. The summed E-state index contributed by atoms with van der Waals surface area (Å²) in [4.78, 5) is 3.57. The number of hydrogen-bond donors (Lipinski definition) is 0. The summed E-state index contributed by atoms with van der Waals surface area (Å²) in [7, 11) is 0. The van der Waals surface area contributed by atoms with Crippen LogP contribution in [0, 0.1) is 9.39 Å². The van der Waals surface area contributed by atoms with Crippen molar-refractivity contribution < 1.29 is 13.2 Å². The monoisotopic (exact) mass is 365 g/mol. The zero-order chi connectivity index (χ0) is 10.0. The molecule has 0 aromatic carbocycles. The van der Waals surface area contributed by atoms with E-state index in [1.165, 1.54) is 0 Å². The smallest absolute Gasteiger partial charge is 0.257 e. The molecule has 0 fully saturated rings. The first-order chi connectivity index (χ1) is 6.07. The van der Waals surface area contributed by atoms with Crippen LogP contribution in [0.4, 0.5) is 13.2 Å². The minimum absolute atomic E-state index is 0.0583. The normalized spacial score (nSPS) is 10.9. The third kappa shape index (κ3) is 2.34. The highest BCUT2D eigenvalue weighted by Gasteiger charge is 2.20. The maximum atomic E-state index is 12.8. The number of halogens is 5. The van der Waals surface area contributed by atoms with Gasteiger partial charge in [-0.1, -0.05) is 15.9 Å². The van der Waals surface area contributed by atoms with Gasteiger partial charge in [0.05, 0.1) is 21.0 Å². The van der Waals surface area contributed by atoms with Crippen LogP contribution >= 0.6 is 38.5 Å². The lowest BCUT2D eigenvalue weighted by atomic mass is 10.2. The van der Waals surface area contributed by atoms with Gasteiger partial charge in [-0.3, -0.25) is 4.98 Å². The molecule has 1 nitrogen and oxygen atoms in total. The van der Waals surface area contributed by atoms with E-state index in [1.807, 2.05) is 0 Å². The lowest BCUT2D eigenvalue weighted by Crippen LogP contribution is -2.02. The number of aromatic nitrogens is 1. The van der Waals surface area contributed by atoms with E-state index in [0.717, 1.165) is 6.20 Å². The molecule has 0 aliphatic heterocycles. The van der Waals surface area contributed by atoms with E-state index in [2.05, 4.69) is 20.9 Å². The molecule has 0 bridgehead atoms. The summed E-state index contributed by atoms with van der Waals surface area (Å²) in [5.74, 6) is -0.708. The fourth-order valence-corrected chi connectivity index (χ4v) is 1.98. The molecule has 13 heavy (non-hydrogen) atoms. The van der Waals surface area contributed by atoms with Crippen LogP contribution < -0.4 is 0 Å². The van der Waals surface area contributed by atoms with Gasteiger partial charge in [0, 0.05) is 5.33 Å². The molecule has 0 amide bonds. The lowest BCUT2D eigenvalue weighted by molar-refractivity contribution is 0.148. The molecular weight excluding hydrogens is 362 g/mol. The van der Waals surface area contributed by atoms with Crippen molar-refractivity contribution in [2.75, 3.05) is 0 Å². The van der Waals surface area contributed by atoms with Crippen molar-refractivity contribution in [3.8, 4) is 0 Å². The van der Waals surface area contributed by atoms with Gasteiger partial charge in [-0.15, -0.1) is 0 Å². The van der Waals surface area contributed by atoms with Gasteiger partial charge < -0.3 is 0 Å². The van der Waals surface area contributed by atoms with Crippen molar-refractivity contribution >= 4 is 38.5 Å². The first-order valence-electron chi connectivity index (χ1n) is 3.24. The molecule has 1 aromatic rings. The lowest BCUT2D eigenvalue weighted by Gasteiger charge is -2.07. The first-order valence-corrected chi connectivity index (χ1v) is 5.44. The summed E-state index contributed by atoms with van der Waals surface area (Å²) in [6.07, 6.45) is -1.74. The molecular formula is C7H4BrF3IN.